The molecule has 1 amide bonds. The molecule has 0 spiro atoms. The fourth-order valence-corrected chi connectivity index (χ4v) is 3.42. The number of hydrogen-bond acceptors (Lipinski definition) is 3. The first kappa shape index (κ1) is 16.8. The Bertz CT molecular complexity index is 659. The smallest absolute Gasteiger partial charge is 0.355 e. The average molecular weight is 336 g/mol. The van der Waals surface area contributed by atoms with Crippen molar-refractivity contribution in [2.75, 3.05) is 6.54 Å². The molecule has 1 atom stereocenters. The molecule has 0 bridgehead atoms. The summed E-state index contributed by atoms with van der Waals surface area (Å²) in [5.74, 6) is -0.465. The summed E-state index contributed by atoms with van der Waals surface area (Å²) >= 11 is 0. The van der Waals surface area contributed by atoms with Crippen molar-refractivity contribution in [2.24, 2.45) is 0 Å². The lowest BCUT2D eigenvalue weighted by Gasteiger charge is -2.16. The minimum atomic E-state index is -4.63. The van der Waals surface area contributed by atoms with Gasteiger partial charge < -0.3 is 5.32 Å². The zero-order chi connectivity index (χ0) is 16.4. The van der Waals surface area contributed by atoms with Gasteiger partial charge in [0.2, 0.25) is 15.9 Å². The van der Waals surface area contributed by atoms with Crippen molar-refractivity contribution in [3.8, 4) is 0 Å². The van der Waals surface area contributed by atoms with Crippen molar-refractivity contribution >= 4 is 15.9 Å². The number of halogens is 3. The van der Waals surface area contributed by atoms with E-state index in [1.807, 2.05) is 0 Å². The molecule has 22 heavy (non-hydrogen) atoms. The van der Waals surface area contributed by atoms with E-state index in [2.05, 4.69) is 10.0 Å². The van der Waals surface area contributed by atoms with Crippen LogP contribution in [0.2, 0.25) is 0 Å². The number of sulfonamides is 1. The molecule has 1 aromatic rings. The maximum Gasteiger partial charge on any atom is 0.416 e. The molecule has 0 aliphatic carbocycles. The third-order valence-electron chi connectivity index (χ3n) is 3.30. The van der Waals surface area contributed by atoms with Crippen LogP contribution in [0.15, 0.2) is 29.2 Å². The molecule has 0 radical (unpaired) electrons. The van der Waals surface area contributed by atoms with E-state index in [0.29, 0.717) is 25.5 Å². The summed E-state index contributed by atoms with van der Waals surface area (Å²) in [6, 6.07) is 2.45. The Morgan fingerprint density at radius 1 is 1.23 bits per heavy atom. The van der Waals surface area contributed by atoms with Crippen molar-refractivity contribution in [1.82, 2.24) is 10.0 Å². The summed E-state index contributed by atoms with van der Waals surface area (Å²) in [7, 11) is -4.20. The summed E-state index contributed by atoms with van der Waals surface area (Å²) in [4.78, 5) is 11.2. The molecule has 0 unspecified atom stereocenters. The molecule has 2 N–H and O–H groups in total. The largest absolute Gasteiger partial charge is 0.416 e. The number of rotatable bonds is 3. The van der Waals surface area contributed by atoms with Gasteiger partial charge in [0.15, 0.2) is 0 Å². The van der Waals surface area contributed by atoms with Crippen LogP contribution in [0.3, 0.4) is 0 Å². The predicted octanol–water partition coefficient (Wildman–Crippen LogP) is 1.65. The highest BCUT2D eigenvalue weighted by Gasteiger charge is 2.32. The van der Waals surface area contributed by atoms with E-state index >= 15 is 0 Å². The van der Waals surface area contributed by atoms with Gasteiger partial charge in [-0.2, -0.15) is 17.9 Å². The van der Waals surface area contributed by atoms with E-state index in [1.165, 1.54) is 0 Å². The quantitative estimate of drug-likeness (QED) is 0.881. The fourth-order valence-electron chi connectivity index (χ4n) is 2.15. The lowest BCUT2D eigenvalue weighted by Crippen LogP contribution is -2.45. The van der Waals surface area contributed by atoms with Gasteiger partial charge in [0, 0.05) is 6.54 Å². The summed E-state index contributed by atoms with van der Waals surface area (Å²) in [5.41, 5.74) is -1.05. The van der Waals surface area contributed by atoms with Gasteiger partial charge >= 0.3 is 6.18 Å². The number of benzene rings is 1. The lowest BCUT2D eigenvalue weighted by molar-refractivity contribution is -0.137. The van der Waals surface area contributed by atoms with Crippen LogP contribution >= 0.6 is 0 Å². The van der Waals surface area contributed by atoms with Gasteiger partial charge in [0.25, 0.3) is 0 Å². The van der Waals surface area contributed by atoms with Crippen LogP contribution in [0.1, 0.15) is 24.8 Å². The van der Waals surface area contributed by atoms with Gasteiger partial charge in [-0.15, -0.1) is 0 Å². The molecule has 1 aromatic carbocycles. The second-order valence-corrected chi connectivity index (χ2v) is 6.70. The monoisotopic (exact) mass is 336 g/mol. The van der Waals surface area contributed by atoms with E-state index in [-0.39, 0.29) is 0 Å². The van der Waals surface area contributed by atoms with Gasteiger partial charge in [-0.25, -0.2) is 8.42 Å². The van der Waals surface area contributed by atoms with Gasteiger partial charge in [-0.3, -0.25) is 4.79 Å². The molecule has 0 saturated carbocycles. The van der Waals surface area contributed by atoms with Crippen molar-refractivity contribution in [2.45, 2.75) is 36.4 Å². The van der Waals surface area contributed by atoms with E-state index in [4.69, 9.17) is 0 Å². The molecule has 1 saturated heterocycles. The molecule has 1 heterocycles. The molecule has 1 aliphatic rings. The van der Waals surface area contributed by atoms with E-state index in [0.717, 1.165) is 24.6 Å². The van der Waals surface area contributed by atoms with Crippen molar-refractivity contribution in [3.05, 3.63) is 29.8 Å². The van der Waals surface area contributed by atoms with Gasteiger partial charge in [0.05, 0.1) is 10.5 Å². The summed E-state index contributed by atoms with van der Waals surface area (Å²) in [5, 5.41) is 2.56. The van der Waals surface area contributed by atoms with E-state index in [9.17, 15) is 26.4 Å². The molecule has 1 fully saturated rings. The number of alkyl halides is 3. The van der Waals surface area contributed by atoms with Crippen molar-refractivity contribution in [1.29, 1.82) is 0 Å². The summed E-state index contributed by atoms with van der Waals surface area (Å²) in [6.07, 6.45) is -2.95. The third kappa shape index (κ3) is 3.98. The Balaban J connectivity index is 2.25. The molecule has 0 aromatic heterocycles. The fraction of sp³-hybridized carbons (Fsp3) is 0.462. The van der Waals surface area contributed by atoms with Gasteiger partial charge in [-0.05, 0) is 37.5 Å². The summed E-state index contributed by atoms with van der Waals surface area (Å²) < 4.78 is 64.5. The molecular formula is C13H15F3N2O3S. The molecule has 122 valence electrons. The minimum Gasteiger partial charge on any atom is -0.355 e. The highest BCUT2D eigenvalue weighted by atomic mass is 32.2. The topological polar surface area (TPSA) is 75.3 Å². The molecular weight excluding hydrogens is 321 g/mol. The average Bonchev–Trinajstić information content (AvgIpc) is 2.63. The summed E-state index contributed by atoms with van der Waals surface area (Å²) in [6.45, 7) is 0.459. The predicted molar refractivity (Wildman–Crippen MR) is 72.4 cm³/mol. The molecule has 9 heteroatoms. The number of hydrogen-bond donors (Lipinski definition) is 2. The molecule has 5 nitrogen and oxygen atoms in total. The zero-order valence-corrected chi connectivity index (χ0v) is 12.3. The van der Waals surface area contributed by atoms with Crippen LogP contribution < -0.4 is 10.0 Å². The van der Waals surface area contributed by atoms with E-state index < -0.39 is 38.6 Å². The Hall–Kier alpha value is -1.61. The first-order valence-corrected chi connectivity index (χ1v) is 8.16. The van der Waals surface area contributed by atoms with E-state index in [1.54, 1.807) is 0 Å². The standard InChI is InChI=1S/C13H15F3N2O3S/c14-13(15,16)9-4-3-5-10(8-9)22(20,21)18-11-6-1-2-7-17-12(11)19/h3-5,8,11,18H,1-2,6-7H2,(H,17,19)/t11-/m1/s1. The zero-order valence-electron chi connectivity index (χ0n) is 11.5. The van der Waals surface area contributed by atoms with Crippen molar-refractivity contribution in [3.63, 3.8) is 0 Å². The maximum atomic E-state index is 12.7. The van der Waals surface area contributed by atoms with Crippen LogP contribution in [0.4, 0.5) is 13.2 Å². The molecule has 2 rings (SSSR count). The maximum absolute atomic E-state index is 12.7. The third-order valence-corrected chi connectivity index (χ3v) is 4.77. The van der Waals surface area contributed by atoms with Crippen LogP contribution in [0, 0.1) is 0 Å². The SMILES string of the molecule is O=C1NCCCC[C@H]1NS(=O)(=O)c1cccc(C(F)(F)F)c1. The van der Waals surface area contributed by atoms with Gasteiger partial charge in [-0.1, -0.05) is 6.07 Å². The number of nitrogens with one attached hydrogen (secondary N) is 2. The van der Waals surface area contributed by atoms with Gasteiger partial charge in [0.1, 0.15) is 6.04 Å². The van der Waals surface area contributed by atoms with Crippen molar-refractivity contribution < 1.29 is 26.4 Å². The second-order valence-electron chi connectivity index (χ2n) is 4.99. The Morgan fingerprint density at radius 3 is 2.64 bits per heavy atom. The van der Waals surface area contributed by atoms with Crippen LogP contribution in [0.5, 0.6) is 0 Å². The number of carbonyl (C=O) groups excluding carboxylic acids is 1. The highest BCUT2D eigenvalue weighted by molar-refractivity contribution is 7.89. The van der Waals surface area contributed by atoms with Crippen LogP contribution in [0.25, 0.3) is 0 Å². The number of amides is 1. The van der Waals surface area contributed by atoms with Crippen LogP contribution in [-0.4, -0.2) is 26.9 Å². The molecule has 1 aliphatic heterocycles. The second kappa shape index (κ2) is 6.25. The first-order chi connectivity index (χ1) is 10.2. The van der Waals surface area contributed by atoms with Crippen LogP contribution in [-0.2, 0) is 21.0 Å². The number of carbonyl (C=O) groups is 1. The minimum absolute atomic E-state index is 0.310. The lowest BCUT2D eigenvalue weighted by atomic mass is 10.1. The highest BCUT2D eigenvalue weighted by Crippen LogP contribution is 2.30. The Kier molecular flexibility index (Phi) is 4.76. The first-order valence-electron chi connectivity index (χ1n) is 6.67. The Labute approximate surface area is 125 Å². The Morgan fingerprint density at radius 2 is 1.95 bits per heavy atom. The normalized spacial score (nSPS) is 20.3.